The minimum absolute atomic E-state index is 0.0559. The lowest BCUT2D eigenvalue weighted by molar-refractivity contribution is 1.28. The predicted molar refractivity (Wildman–Crippen MR) is 218 cm³/mol. The standard InChI is InChI=1S/C50H35N/c1-3-12-36(13-4-1)38-24-29-45(30-25-38)51(47-20-11-19-43(35-47)44-23-22-37-14-7-8-18-42(37)34-44)46-31-26-41(27-32-46)50-48-21-10-9-17-40(48)28-33-49(50)39-15-5-2-6-16-39/h1-35H/i1D,3D,4D,12D,13D,24D,25D,29D,30D. The van der Waals surface area contributed by atoms with Gasteiger partial charge in [0.05, 0.1) is 12.3 Å². The molecule has 0 aliphatic rings. The number of benzene rings is 9. The average molecular weight is 659 g/mol. The molecule has 1 nitrogen and oxygen atoms in total. The zero-order chi connectivity index (χ0) is 41.8. The van der Waals surface area contributed by atoms with E-state index in [1.54, 1.807) is 4.90 Å². The van der Waals surface area contributed by atoms with Gasteiger partial charge in [0.15, 0.2) is 0 Å². The summed E-state index contributed by atoms with van der Waals surface area (Å²) in [5.74, 6) is 0. The van der Waals surface area contributed by atoms with Crippen molar-refractivity contribution < 1.29 is 12.3 Å². The molecular formula is C50H35N. The van der Waals surface area contributed by atoms with E-state index in [0.29, 0.717) is 11.4 Å². The van der Waals surface area contributed by atoms with Gasteiger partial charge in [0.25, 0.3) is 0 Å². The molecule has 0 N–H and O–H groups in total. The van der Waals surface area contributed by atoms with Crippen molar-refractivity contribution in [1.29, 1.82) is 0 Å². The highest BCUT2D eigenvalue weighted by molar-refractivity contribution is 6.04. The normalized spacial score (nSPS) is 13.6. The van der Waals surface area contributed by atoms with E-state index >= 15 is 0 Å². The number of anilines is 3. The third kappa shape index (κ3) is 5.96. The minimum Gasteiger partial charge on any atom is -0.310 e. The number of rotatable bonds is 7. The summed E-state index contributed by atoms with van der Waals surface area (Å²) in [7, 11) is 0. The van der Waals surface area contributed by atoms with E-state index in [1.807, 2.05) is 97.1 Å². The van der Waals surface area contributed by atoms with Gasteiger partial charge in [-0.15, -0.1) is 0 Å². The first kappa shape index (κ1) is 22.1. The molecule has 0 saturated heterocycles. The molecule has 0 aromatic heterocycles. The lowest BCUT2D eigenvalue weighted by atomic mass is 9.89. The molecule has 0 radical (unpaired) electrons. The van der Waals surface area contributed by atoms with Gasteiger partial charge in [0.2, 0.25) is 0 Å². The maximum absolute atomic E-state index is 9.46. The summed E-state index contributed by atoms with van der Waals surface area (Å²) in [5.41, 5.74) is 6.26. The van der Waals surface area contributed by atoms with Crippen LogP contribution in [0.1, 0.15) is 12.3 Å². The molecule has 0 atom stereocenters. The Morgan fingerprint density at radius 3 is 1.76 bits per heavy atom. The summed E-state index contributed by atoms with van der Waals surface area (Å²) in [6.07, 6.45) is 0. The second-order valence-corrected chi connectivity index (χ2v) is 12.3. The first-order valence-electron chi connectivity index (χ1n) is 21.3. The Balaban J connectivity index is 1.26. The molecule has 240 valence electrons. The fourth-order valence-corrected chi connectivity index (χ4v) is 6.74. The van der Waals surface area contributed by atoms with Crippen LogP contribution in [0.3, 0.4) is 0 Å². The average Bonchev–Trinajstić information content (AvgIpc) is 3.29. The Bertz CT molecular complexity index is 3090. The first-order chi connectivity index (χ1) is 29.0. The van der Waals surface area contributed by atoms with Crippen LogP contribution in [0.2, 0.25) is 0 Å². The van der Waals surface area contributed by atoms with Crippen LogP contribution in [0.4, 0.5) is 17.1 Å². The van der Waals surface area contributed by atoms with Crippen LogP contribution in [0, 0.1) is 0 Å². The molecule has 1 heteroatoms. The van der Waals surface area contributed by atoms with Crippen molar-refractivity contribution in [1.82, 2.24) is 0 Å². The zero-order valence-corrected chi connectivity index (χ0v) is 27.5. The summed E-state index contributed by atoms with van der Waals surface area (Å²) in [5, 5.41) is 4.34. The number of nitrogens with zero attached hydrogens (tertiary/aromatic N) is 1. The summed E-state index contributed by atoms with van der Waals surface area (Å²) >= 11 is 0. The minimum atomic E-state index is -0.624. The highest BCUT2D eigenvalue weighted by atomic mass is 15.1. The maximum atomic E-state index is 9.46. The number of hydrogen-bond acceptors (Lipinski definition) is 1. The Morgan fingerprint density at radius 2 is 0.961 bits per heavy atom. The molecular weight excluding hydrogens is 615 g/mol. The molecule has 0 unspecified atom stereocenters. The Hall–Kier alpha value is -6.70. The topological polar surface area (TPSA) is 3.24 Å². The van der Waals surface area contributed by atoms with Crippen LogP contribution in [-0.2, 0) is 0 Å². The first-order valence-corrected chi connectivity index (χ1v) is 16.8. The fraction of sp³-hybridized carbons (Fsp3) is 0. The molecule has 0 spiro atoms. The highest BCUT2D eigenvalue weighted by Gasteiger charge is 2.17. The molecule has 51 heavy (non-hydrogen) atoms. The molecule has 9 rings (SSSR count). The quantitative estimate of drug-likeness (QED) is 0.165. The van der Waals surface area contributed by atoms with E-state index < -0.39 is 54.4 Å². The van der Waals surface area contributed by atoms with Crippen molar-refractivity contribution in [3.05, 3.63) is 212 Å². The SMILES string of the molecule is [2H]c1c([2H])c([2H])c(-c2c([2H])c([2H])c(N(c3ccc(-c4c(-c5ccccc5)ccc5ccccc45)cc3)c3cccc(-c4ccc5ccccc5c4)c3)c([2H])c2[2H])c([2H])c1[2H]. The van der Waals surface area contributed by atoms with E-state index in [4.69, 9.17) is 6.85 Å². The lowest BCUT2D eigenvalue weighted by Crippen LogP contribution is -2.10. The van der Waals surface area contributed by atoms with Gasteiger partial charge >= 0.3 is 0 Å². The van der Waals surface area contributed by atoms with Crippen molar-refractivity contribution in [2.24, 2.45) is 0 Å². The van der Waals surface area contributed by atoms with E-state index in [-0.39, 0.29) is 16.8 Å². The molecule has 0 saturated carbocycles. The van der Waals surface area contributed by atoms with Gasteiger partial charge in [-0.05, 0) is 108 Å². The molecule has 0 aliphatic carbocycles. The maximum Gasteiger partial charge on any atom is 0.0645 e. The number of fused-ring (bicyclic) bond motifs is 2. The molecule has 9 aromatic carbocycles. The van der Waals surface area contributed by atoms with Crippen LogP contribution in [0.5, 0.6) is 0 Å². The second kappa shape index (κ2) is 13.3. The van der Waals surface area contributed by atoms with Gasteiger partial charge in [0, 0.05) is 17.1 Å². The highest BCUT2D eigenvalue weighted by Crippen LogP contribution is 2.42. The summed E-state index contributed by atoms with van der Waals surface area (Å²) in [6, 6.07) is 47.5. The van der Waals surface area contributed by atoms with Crippen molar-refractivity contribution >= 4 is 38.6 Å². The summed E-state index contributed by atoms with van der Waals surface area (Å²) < 4.78 is 79.2. The van der Waals surface area contributed by atoms with E-state index in [9.17, 15) is 5.48 Å². The fourth-order valence-electron chi connectivity index (χ4n) is 6.74. The van der Waals surface area contributed by atoms with Gasteiger partial charge in [-0.2, -0.15) is 0 Å². The van der Waals surface area contributed by atoms with Gasteiger partial charge in [-0.3, -0.25) is 0 Å². The smallest absolute Gasteiger partial charge is 0.0645 e. The third-order valence-electron chi connectivity index (χ3n) is 9.20. The summed E-state index contributed by atoms with van der Waals surface area (Å²) in [4.78, 5) is 1.70. The number of hydrogen-bond donors (Lipinski definition) is 0. The monoisotopic (exact) mass is 658 g/mol. The van der Waals surface area contributed by atoms with E-state index in [2.05, 4.69) is 60.7 Å². The molecule has 0 amide bonds. The molecule has 0 heterocycles. The van der Waals surface area contributed by atoms with Crippen LogP contribution in [0.25, 0.3) is 66.1 Å². The Morgan fingerprint density at radius 1 is 0.333 bits per heavy atom. The molecule has 0 aliphatic heterocycles. The summed E-state index contributed by atoms with van der Waals surface area (Å²) in [6.45, 7) is 0. The van der Waals surface area contributed by atoms with Gasteiger partial charge in [-0.1, -0.05) is 170 Å². The third-order valence-corrected chi connectivity index (χ3v) is 9.20. The van der Waals surface area contributed by atoms with Crippen LogP contribution >= 0.6 is 0 Å². The zero-order valence-electron chi connectivity index (χ0n) is 36.5. The van der Waals surface area contributed by atoms with Gasteiger partial charge < -0.3 is 4.90 Å². The van der Waals surface area contributed by atoms with Gasteiger partial charge in [-0.25, -0.2) is 0 Å². The van der Waals surface area contributed by atoms with Gasteiger partial charge in [0.1, 0.15) is 0 Å². The van der Waals surface area contributed by atoms with Crippen molar-refractivity contribution in [2.45, 2.75) is 0 Å². The predicted octanol–water partition coefficient (Wildman–Crippen LogP) is 14.1. The van der Waals surface area contributed by atoms with Crippen molar-refractivity contribution in [2.75, 3.05) is 4.90 Å². The molecule has 9 aromatic rings. The lowest BCUT2D eigenvalue weighted by Gasteiger charge is -2.27. The molecule has 0 bridgehead atoms. The van der Waals surface area contributed by atoms with E-state index in [1.165, 1.54) is 0 Å². The van der Waals surface area contributed by atoms with Crippen molar-refractivity contribution in [3.8, 4) is 44.5 Å². The van der Waals surface area contributed by atoms with E-state index in [0.717, 1.165) is 54.9 Å². The Kier molecular flexibility index (Phi) is 5.77. The largest absolute Gasteiger partial charge is 0.310 e. The van der Waals surface area contributed by atoms with Crippen LogP contribution in [0.15, 0.2) is 212 Å². The van der Waals surface area contributed by atoms with Crippen LogP contribution < -0.4 is 4.90 Å². The van der Waals surface area contributed by atoms with Crippen LogP contribution in [-0.4, -0.2) is 0 Å². The molecule has 0 fully saturated rings. The Labute approximate surface area is 312 Å². The second-order valence-electron chi connectivity index (χ2n) is 12.3. The van der Waals surface area contributed by atoms with Crippen molar-refractivity contribution in [3.63, 3.8) is 0 Å².